The van der Waals surface area contributed by atoms with Gasteiger partial charge in [-0.25, -0.2) is 0 Å². The second-order valence-corrected chi connectivity index (χ2v) is 10.1. The molecule has 8 heteroatoms. The van der Waals surface area contributed by atoms with Crippen LogP contribution in [0.3, 0.4) is 0 Å². The van der Waals surface area contributed by atoms with Gasteiger partial charge >= 0.3 is 0 Å². The number of morpholine rings is 1. The molecule has 2 N–H and O–H groups in total. The summed E-state index contributed by atoms with van der Waals surface area (Å²) in [5.41, 5.74) is -0.102. The van der Waals surface area contributed by atoms with Crippen LogP contribution in [0, 0.1) is 5.92 Å². The lowest BCUT2D eigenvalue weighted by atomic mass is 9.74. The van der Waals surface area contributed by atoms with Gasteiger partial charge in [0.05, 0.1) is 5.60 Å². The third-order valence-corrected chi connectivity index (χ3v) is 6.22. The summed E-state index contributed by atoms with van der Waals surface area (Å²) in [6.07, 6.45) is 4.35. The molecule has 0 bridgehead atoms. The Kier molecular flexibility index (Phi) is 7.32. The molecule has 0 aromatic rings. The van der Waals surface area contributed by atoms with Gasteiger partial charge in [-0.1, -0.05) is 0 Å². The van der Waals surface area contributed by atoms with E-state index in [9.17, 15) is 9.59 Å². The van der Waals surface area contributed by atoms with Gasteiger partial charge in [-0.05, 0) is 59.3 Å². The van der Waals surface area contributed by atoms with Gasteiger partial charge in [0.15, 0.2) is 0 Å². The van der Waals surface area contributed by atoms with Crippen molar-refractivity contribution >= 4 is 18.3 Å². The van der Waals surface area contributed by atoms with Crippen molar-refractivity contribution < 1.29 is 24.2 Å². The van der Waals surface area contributed by atoms with Crippen LogP contribution >= 0.6 is 0 Å². The number of likely N-dealkylation sites (N-methyl/N-ethyl adjacent to an activating group) is 1. The average Bonchev–Trinajstić information content (AvgIpc) is 2.57. The number of nitrogens with zero attached hydrogens (tertiary/aromatic N) is 2. The monoisotopic (exact) mass is 411 g/mol. The van der Waals surface area contributed by atoms with E-state index in [1.54, 1.807) is 4.90 Å². The number of hydrogen-bond donors (Lipinski definition) is 2. The molecule has 3 aliphatic heterocycles. The molecule has 8 nitrogen and oxygen atoms in total. The predicted octanol–water partition coefficient (Wildman–Crippen LogP) is 1.48. The van der Waals surface area contributed by atoms with E-state index in [-0.39, 0.29) is 41.6 Å². The molecule has 3 saturated heterocycles. The van der Waals surface area contributed by atoms with Gasteiger partial charge < -0.3 is 25.0 Å². The number of hydrogen-bond acceptors (Lipinski definition) is 5. The predicted molar refractivity (Wildman–Crippen MR) is 109 cm³/mol. The van der Waals surface area contributed by atoms with Crippen molar-refractivity contribution in [3.63, 3.8) is 0 Å². The van der Waals surface area contributed by atoms with Crippen LogP contribution in [0.5, 0.6) is 0 Å². The van der Waals surface area contributed by atoms with Gasteiger partial charge in [-0.2, -0.15) is 0 Å². The van der Waals surface area contributed by atoms with Crippen molar-refractivity contribution in [3.8, 4) is 0 Å². The second kappa shape index (κ2) is 9.00. The summed E-state index contributed by atoms with van der Waals surface area (Å²) in [7, 11) is 1.84. The Labute approximate surface area is 173 Å². The van der Waals surface area contributed by atoms with E-state index in [0.717, 1.165) is 38.8 Å². The van der Waals surface area contributed by atoms with E-state index in [1.165, 1.54) is 0 Å². The van der Waals surface area contributed by atoms with E-state index < -0.39 is 0 Å². The Morgan fingerprint density at radius 3 is 2.21 bits per heavy atom. The van der Waals surface area contributed by atoms with E-state index in [4.69, 9.17) is 14.6 Å². The highest BCUT2D eigenvalue weighted by atomic mass is 16.5. The van der Waals surface area contributed by atoms with Crippen molar-refractivity contribution in [1.29, 1.82) is 0 Å². The number of carbonyl (C=O) groups excluding carboxylic acids is 2. The first kappa shape index (κ1) is 23.6. The Balaban J connectivity index is 0.000000941. The smallest absolute Gasteiger partial charge is 0.290 e. The summed E-state index contributed by atoms with van der Waals surface area (Å²) in [6.45, 7) is 11.0. The highest BCUT2D eigenvalue weighted by molar-refractivity contribution is 5.78. The third-order valence-electron chi connectivity index (χ3n) is 6.22. The summed E-state index contributed by atoms with van der Waals surface area (Å²) < 4.78 is 5.88. The highest BCUT2D eigenvalue weighted by Gasteiger charge is 2.43. The van der Waals surface area contributed by atoms with Crippen LogP contribution in [0.1, 0.15) is 59.8 Å². The molecule has 2 amide bonds. The Morgan fingerprint density at radius 2 is 1.72 bits per heavy atom. The minimum atomic E-state index is -0.252. The first-order chi connectivity index (χ1) is 13.4. The number of carboxylic acid groups (broad SMARTS) is 1. The van der Waals surface area contributed by atoms with Crippen molar-refractivity contribution in [2.45, 2.75) is 76.5 Å². The lowest BCUT2D eigenvalue weighted by Crippen LogP contribution is -2.59. The van der Waals surface area contributed by atoms with Gasteiger partial charge in [0.2, 0.25) is 11.8 Å². The molecule has 0 saturated carbocycles. The van der Waals surface area contributed by atoms with Crippen LogP contribution in [0.2, 0.25) is 0 Å². The highest BCUT2D eigenvalue weighted by Crippen LogP contribution is 2.36. The zero-order chi connectivity index (χ0) is 21.9. The summed E-state index contributed by atoms with van der Waals surface area (Å²) >= 11 is 0. The van der Waals surface area contributed by atoms with Crippen LogP contribution in [0.4, 0.5) is 0 Å². The number of ether oxygens (including phenoxy) is 1. The Morgan fingerprint density at radius 1 is 1.21 bits per heavy atom. The van der Waals surface area contributed by atoms with Crippen LogP contribution in [-0.4, -0.2) is 83.2 Å². The van der Waals surface area contributed by atoms with Crippen LogP contribution in [-0.2, 0) is 19.1 Å². The number of piperidine rings is 2. The molecule has 3 aliphatic rings. The number of nitrogens with one attached hydrogen (secondary N) is 1. The average molecular weight is 412 g/mol. The standard InChI is InChI=1S/C20H35N3O3.CH2O2/c1-18(2)11-15(12-19(3,4)21-18)10-16(24)23-8-6-20(7-9-23)14-22(5)17(25)13-26-20;2-1-3/h15,21H,6-14H2,1-5H3;1H,(H,2,3). The summed E-state index contributed by atoms with van der Waals surface area (Å²) in [6, 6.07) is 0. The fraction of sp³-hybridized carbons (Fsp3) is 0.857. The van der Waals surface area contributed by atoms with Gasteiger partial charge in [-0.3, -0.25) is 14.4 Å². The van der Waals surface area contributed by atoms with Crippen molar-refractivity contribution in [1.82, 2.24) is 15.1 Å². The molecule has 166 valence electrons. The van der Waals surface area contributed by atoms with E-state index >= 15 is 0 Å². The van der Waals surface area contributed by atoms with E-state index in [0.29, 0.717) is 18.9 Å². The quantitative estimate of drug-likeness (QED) is 0.668. The van der Waals surface area contributed by atoms with Gasteiger partial charge in [0.1, 0.15) is 6.61 Å². The van der Waals surface area contributed by atoms with Gasteiger partial charge in [-0.15, -0.1) is 0 Å². The minimum Gasteiger partial charge on any atom is -0.483 e. The van der Waals surface area contributed by atoms with Crippen LogP contribution in [0.25, 0.3) is 0 Å². The molecule has 29 heavy (non-hydrogen) atoms. The topological polar surface area (TPSA) is 99.2 Å². The zero-order valence-corrected chi connectivity index (χ0v) is 18.5. The molecule has 0 radical (unpaired) electrons. The van der Waals surface area contributed by atoms with Gasteiger partial charge in [0, 0.05) is 44.2 Å². The summed E-state index contributed by atoms with van der Waals surface area (Å²) in [5.74, 6) is 0.753. The van der Waals surface area contributed by atoms with Crippen LogP contribution in [0.15, 0.2) is 0 Å². The molecule has 3 rings (SSSR count). The molecule has 0 atom stereocenters. The Hall–Kier alpha value is -1.67. The largest absolute Gasteiger partial charge is 0.483 e. The number of amides is 2. The fourth-order valence-corrected chi connectivity index (χ4v) is 5.41. The summed E-state index contributed by atoms with van der Waals surface area (Å²) in [5, 5.41) is 10.6. The maximum Gasteiger partial charge on any atom is 0.290 e. The first-order valence-corrected chi connectivity index (χ1v) is 10.4. The van der Waals surface area contributed by atoms with Crippen LogP contribution < -0.4 is 5.32 Å². The summed E-state index contributed by atoms with van der Waals surface area (Å²) in [4.78, 5) is 36.7. The third kappa shape index (κ3) is 6.40. The molecular weight excluding hydrogens is 374 g/mol. The molecule has 0 aromatic carbocycles. The minimum absolute atomic E-state index is 0.0465. The molecular formula is C21H37N3O5. The first-order valence-electron chi connectivity index (χ1n) is 10.4. The molecule has 1 spiro atoms. The normalized spacial score (nSPS) is 25.9. The second-order valence-electron chi connectivity index (χ2n) is 10.1. The van der Waals surface area contributed by atoms with E-state index in [1.807, 2.05) is 11.9 Å². The SMILES string of the molecule is CN1CC2(CCN(C(=O)CC3CC(C)(C)NC(C)(C)C3)CC2)OCC1=O.O=CO. The van der Waals surface area contributed by atoms with Crippen molar-refractivity contribution in [3.05, 3.63) is 0 Å². The Bertz CT molecular complexity index is 595. The van der Waals surface area contributed by atoms with E-state index in [2.05, 4.69) is 33.0 Å². The molecule has 0 unspecified atom stereocenters. The van der Waals surface area contributed by atoms with Gasteiger partial charge in [0.25, 0.3) is 6.47 Å². The molecule has 3 heterocycles. The molecule has 0 aromatic heterocycles. The van der Waals surface area contributed by atoms with Crippen molar-refractivity contribution in [2.75, 3.05) is 33.3 Å². The zero-order valence-electron chi connectivity index (χ0n) is 18.5. The lowest BCUT2D eigenvalue weighted by molar-refractivity contribution is -0.171. The number of likely N-dealkylation sites (tertiary alicyclic amines) is 1. The molecule has 0 aliphatic carbocycles. The lowest BCUT2D eigenvalue weighted by Gasteiger charge is -2.48. The maximum atomic E-state index is 12.9. The number of carbonyl (C=O) groups is 3. The maximum absolute atomic E-state index is 12.9. The van der Waals surface area contributed by atoms with Crippen molar-refractivity contribution in [2.24, 2.45) is 5.92 Å². The number of rotatable bonds is 2. The fourth-order valence-electron chi connectivity index (χ4n) is 5.41. The molecule has 3 fully saturated rings.